The van der Waals surface area contributed by atoms with E-state index in [9.17, 15) is 9.59 Å². The summed E-state index contributed by atoms with van der Waals surface area (Å²) in [6, 6.07) is 0.659. The van der Waals surface area contributed by atoms with Crippen LogP contribution in [0, 0.1) is 0 Å². The number of carbonyl (C=O) groups is 1. The number of hydrogen-bond acceptors (Lipinski definition) is 5. The Morgan fingerprint density at radius 3 is 2.68 bits per heavy atom. The van der Waals surface area contributed by atoms with Gasteiger partial charge in [0.15, 0.2) is 5.16 Å². The first-order chi connectivity index (χ1) is 13.6. The number of thioether (sulfide) groups is 1. The topological polar surface area (TPSA) is 55.2 Å². The van der Waals surface area contributed by atoms with Gasteiger partial charge in [-0.3, -0.25) is 14.2 Å². The molecule has 2 aromatic rings. The van der Waals surface area contributed by atoms with Gasteiger partial charge in [-0.1, -0.05) is 24.6 Å². The van der Waals surface area contributed by atoms with Gasteiger partial charge in [-0.2, -0.15) is 0 Å². The van der Waals surface area contributed by atoms with Crippen LogP contribution in [0.1, 0.15) is 67.8 Å². The van der Waals surface area contributed by atoms with Crippen LogP contribution in [-0.2, 0) is 17.6 Å². The smallest absolute Gasteiger partial charge is 0.263 e. The van der Waals surface area contributed by atoms with Gasteiger partial charge in [-0.15, -0.1) is 11.3 Å². The maximum atomic E-state index is 13.6. The molecule has 7 heteroatoms. The SMILES string of the molecule is CN(C(=O)CSc1nc2sc3c(c2c(=O)n1C1CCCC1)CCCC3)C1CC1. The molecule has 1 amide bonds. The molecule has 2 saturated carbocycles. The van der Waals surface area contributed by atoms with E-state index in [-0.39, 0.29) is 17.5 Å². The summed E-state index contributed by atoms with van der Waals surface area (Å²) in [6.45, 7) is 0. The zero-order valence-corrected chi connectivity index (χ0v) is 18.0. The molecule has 3 aliphatic rings. The quantitative estimate of drug-likeness (QED) is 0.541. The van der Waals surface area contributed by atoms with E-state index in [1.54, 1.807) is 11.3 Å². The van der Waals surface area contributed by atoms with Crippen molar-refractivity contribution in [1.29, 1.82) is 0 Å². The number of aromatic nitrogens is 2. The fraction of sp³-hybridized carbons (Fsp3) is 0.667. The number of thiophene rings is 1. The first kappa shape index (κ1) is 18.7. The van der Waals surface area contributed by atoms with E-state index >= 15 is 0 Å². The van der Waals surface area contributed by atoms with Crippen molar-refractivity contribution in [1.82, 2.24) is 14.5 Å². The summed E-state index contributed by atoms with van der Waals surface area (Å²) in [7, 11) is 1.90. The van der Waals surface area contributed by atoms with Gasteiger partial charge in [0.25, 0.3) is 5.56 Å². The number of rotatable bonds is 5. The molecule has 3 aliphatic carbocycles. The van der Waals surface area contributed by atoms with Gasteiger partial charge in [-0.05, 0) is 56.9 Å². The highest BCUT2D eigenvalue weighted by atomic mass is 32.2. The molecule has 0 bridgehead atoms. The summed E-state index contributed by atoms with van der Waals surface area (Å²) in [5.74, 6) is 0.508. The molecule has 2 heterocycles. The third kappa shape index (κ3) is 3.30. The molecule has 0 unspecified atom stereocenters. The lowest BCUT2D eigenvalue weighted by atomic mass is 9.97. The van der Waals surface area contributed by atoms with Gasteiger partial charge in [0, 0.05) is 24.0 Å². The van der Waals surface area contributed by atoms with Gasteiger partial charge in [0.2, 0.25) is 5.91 Å². The third-order valence-electron chi connectivity index (χ3n) is 6.49. The second-order valence-corrected chi connectivity index (χ2v) is 10.4. The zero-order chi connectivity index (χ0) is 19.3. The molecule has 2 fully saturated rings. The molecule has 2 aromatic heterocycles. The Bertz CT molecular complexity index is 970. The van der Waals surface area contributed by atoms with Gasteiger partial charge < -0.3 is 4.90 Å². The molecular formula is C21H27N3O2S2. The van der Waals surface area contributed by atoms with Crippen LogP contribution in [0.15, 0.2) is 9.95 Å². The molecule has 28 heavy (non-hydrogen) atoms. The van der Waals surface area contributed by atoms with E-state index in [4.69, 9.17) is 4.98 Å². The minimum absolute atomic E-state index is 0.141. The minimum atomic E-state index is 0.141. The number of aryl methyl sites for hydroxylation is 2. The lowest BCUT2D eigenvalue weighted by Gasteiger charge is -2.20. The Morgan fingerprint density at radius 1 is 1.18 bits per heavy atom. The molecule has 0 aromatic carbocycles. The highest BCUT2D eigenvalue weighted by Gasteiger charge is 2.31. The lowest BCUT2D eigenvalue weighted by Crippen LogP contribution is -2.31. The van der Waals surface area contributed by atoms with E-state index < -0.39 is 0 Å². The van der Waals surface area contributed by atoms with Crippen LogP contribution >= 0.6 is 23.1 Å². The summed E-state index contributed by atoms with van der Waals surface area (Å²) in [4.78, 5) is 35.2. The van der Waals surface area contributed by atoms with Crippen LogP contribution in [0.25, 0.3) is 10.2 Å². The van der Waals surface area contributed by atoms with E-state index in [2.05, 4.69) is 0 Å². The minimum Gasteiger partial charge on any atom is -0.342 e. The fourth-order valence-electron chi connectivity index (χ4n) is 4.68. The predicted molar refractivity (Wildman–Crippen MR) is 115 cm³/mol. The first-order valence-corrected chi connectivity index (χ1v) is 12.4. The Kier molecular flexibility index (Phi) is 4.99. The van der Waals surface area contributed by atoms with Crippen LogP contribution < -0.4 is 5.56 Å². The van der Waals surface area contributed by atoms with Gasteiger partial charge in [0.05, 0.1) is 11.1 Å². The fourth-order valence-corrected chi connectivity index (χ4v) is 6.97. The molecule has 0 aliphatic heterocycles. The maximum Gasteiger partial charge on any atom is 0.263 e. The molecule has 150 valence electrons. The van der Waals surface area contributed by atoms with E-state index in [0.717, 1.165) is 53.9 Å². The molecule has 0 spiro atoms. The second kappa shape index (κ2) is 7.48. The van der Waals surface area contributed by atoms with Crippen molar-refractivity contribution >= 4 is 39.2 Å². The van der Waals surface area contributed by atoms with Crippen molar-refractivity contribution in [3.05, 3.63) is 20.8 Å². The zero-order valence-electron chi connectivity index (χ0n) is 16.4. The first-order valence-electron chi connectivity index (χ1n) is 10.6. The summed E-state index contributed by atoms with van der Waals surface area (Å²) < 4.78 is 1.95. The van der Waals surface area contributed by atoms with Crippen molar-refractivity contribution in [2.45, 2.75) is 81.4 Å². The molecule has 0 radical (unpaired) electrons. The van der Waals surface area contributed by atoms with Crippen molar-refractivity contribution < 1.29 is 4.79 Å². The van der Waals surface area contributed by atoms with Crippen LogP contribution in [0.2, 0.25) is 0 Å². The van der Waals surface area contributed by atoms with Gasteiger partial charge in [0.1, 0.15) is 4.83 Å². The van der Waals surface area contributed by atoms with Crippen LogP contribution in [0.5, 0.6) is 0 Å². The summed E-state index contributed by atoms with van der Waals surface area (Å²) in [5.41, 5.74) is 1.40. The molecule has 0 saturated heterocycles. The van der Waals surface area contributed by atoms with Gasteiger partial charge in [-0.25, -0.2) is 4.98 Å². The molecule has 0 atom stereocenters. The van der Waals surface area contributed by atoms with E-state index in [1.807, 2.05) is 16.5 Å². The van der Waals surface area contributed by atoms with Crippen molar-refractivity contribution in [2.75, 3.05) is 12.8 Å². The summed E-state index contributed by atoms with van der Waals surface area (Å²) in [6.07, 6.45) is 11.1. The average Bonchev–Trinajstić information content (AvgIpc) is 3.27. The number of hydrogen-bond donors (Lipinski definition) is 0. The monoisotopic (exact) mass is 417 g/mol. The highest BCUT2D eigenvalue weighted by molar-refractivity contribution is 7.99. The van der Waals surface area contributed by atoms with Crippen molar-refractivity contribution in [3.8, 4) is 0 Å². The highest BCUT2D eigenvalue weighted by Crippen LogP contribution is 2.37. The van der Waals surface area contributed by atoms with Crippen LogP contribution in [-0.4, -0.2) is 39.2 Å². The number of carbonyl (C=O) groups excluding carboxylic acids is 1. The average molecular weight is 418 g/mol. The van der Waals surface area contributed by atoms with Crippen LogP contribution in [0.3, 0.4) is 0 Å². The van der Waals surface area contributed by atoms with E-state index in [1.165, 1.54) is 47.9 Å². The third-order valence-corrected chi connectivity index (χ3v) is 8.61. The molecule has 5 nitrogen and oxygen atoms in total. The van der Waals surface area contributed by atoms with Crippen molar-refractivity contribution in [2.24, 2.45) is 0 Å². The lowest BCUT2D eigenvalue weighted by molar-refractivity contribution is -0.127. The normalized spacial score (nSPS) is 19.9. The summed E-state index contributed by atoms with van der Waals surface area (Å²) in [5, 5.41) is 1.62. The Morgan fingerprint density at radius 2 is 1.93 bits per heavy atom. The largest absolute Gasteiger partial charge is 0.342 e. The van der Waals surface area contributed by atoms with E-state index in [0.29, 0.717) is 11.8 Å². The Labute approximate surface area is 173 Å². The molecular weight excluding hydrogens is 390 g/mol. The second-order valence-electron chi connectivity index (χ2n) is 8.42. The molecule has 0 N–H and O–H groups in total. The summed E-state index contributed by atoms with van der Waals surface area (Å²) >= 11 is 3.16. The Balaban J connectivity index is 1.53. The standard InChI is InChI=1S/C21H27N3O2S2/c1-23(13-10-11-13)17(25)12-27-21-22-19-18(15-8-4-5-9-16(15)28-19)20(26)24(21)14-6-2-3-7-14/h13-14H,2-12H2,1H3. The Hall–Kier alpha value is -1.34. The maximum absolute atomic E-state index is 13.6. The number of fused-ring (bicyclic) bond motifs is 3. The van der Waals surface area contributed by atoms with Crippen molar-refractivity contribution in [3.63, 3.8) is 0 Å². The number of nitrogens with zero attached hydrogens (tertiary/aromatic N) is 3. The molecule has 5 rings (SSSR count). The predicted octanol–water partition coefficient (Wildman–Crippen LogP) is 4.16. The number of amides is 1. The van der Waals surface area contributed by atoms with Gasteiger partial charge >= 0.3 is 0 Å². The van der Waals surface area contributed by atoms with Crippen LogP contribution in [0.4, 0.5) is 0 Å².